The van der Waals surface area contributed by atoms with Gasteiger partial charge < -0.3 is 0 Å². The number of allylic oxidation sites excluding steroid dienone is 3. The first kappa shape index (κ1) is 9.85. The first-order chi connectivity index (χ1) is 4.85. The lowest BCUT2D eigenvalue weighted by molar-refractivity contribution is 1.56. The van der Waals surface area contributed by atoms with Crippen molar-refractivity contribution in [2.24, 2.45) is 4.99 Å². The van der Waals surface area contributed by atoms with E-state index in [1.165, 1.54) is 0 Å². The summed E-state index contributed by atoms with van der Waals surface area (Å²) in [5.74, 6) is 0. The van der Waals surface area contributed by atoms with Gasteiger partial charge in [-0.3, -0.25) is 4.99 Å². The third-order valence-corrected chi connectivity index (χ3v) is 2.37. The van der Waals surface area contributed by atoms with Crippen LogP contribution in [-0.2, 0) is 0 Å². The lowest BCUT2D eigenvalue weighted by Gasteiger charge is -1.92. The van der Waals surface area contributed by atoms with Crippen molar-refractivity contribution in [2.45, 2.75) is 6.92 Å². The molecule has 1 nitrogen and oxygen atoms in total. The van der Waals surface area contributed by atoms with Crippen LogP contribution in [0.5, 0.6) is 0 Å². The number of hydrogen-bond acceptors (Lipinski definition) is 3. The molecule has 0 fully saturated rings. The first-order valence-electron chi connectivity index (χ1n) is 2.85. The van der Waals surface area contributed by atoms with Crippen LogP contribution in [0.4, 0.5) is 0 Å². The van der Waals surface area contributed by atoms with Crippen LogP contribution in [0, 0.1) is 0 Å². The molecule has 0 saturated heterocycles. The molecule has 10 heavy (non-hydrogen) atoms. The zero-order chi connectivity index (χ0) is 7.82. The normalized spacial score (nSPS) is 12.4. The topological polar surface area (TPSA) is 12.4 Å². The van der Waals surface area contributed by atoms with E-state index in [-0.39, 0.29) is 0 Å². The molecule has 3 heteroatoms. The largest absolute Gasteiger partial charge is 0.257 e. The number of aliphatic imine (C=N–C) groups is 1. The van der Waals surface area contributed by atoms with Gasteiger partial charge in [-0.25, -0.2) is 0 Å². The van der Waals surface area contributed by atoms with Gasteiger partial charge in [0, 0.05) is 0 Å². The second-order valence-electron chi connectivity index (χ2n) is 1.44. The maximum Gasteiger partial charge on any atom is 0.106 e. The van der Waals surface area contributed by atoms with Gasteiger partial charge in [0.2, 0.25) is 0 Å². The first-order valence-corrected chi connectivity index (χ1v) is 5.41. The van der Waals surface area contributed by atoms with Crippen LogP contribution in [0.15, 0.2) is 28.2 Å². The van der Waals surface area contributed by atoms with Gasteiger partial charge in [0.25, 0.3) is 0 Å². The van der Waals surface area contributed by atoms with Crippen LogP contribution >= 0.6 is 21.6 Å². The van der Waals surface area contributed by atoms with E-state index in [9.17, 15) is 0 Å². The van der Waals surface area contributed by atoms with Crippen LogP contribution in [0.2, 0.25) is 0 Å². The van der Waals surface area contributed by atoms with E-state index in [4.69, 9.17) is 0 Å². The molecule has 0 heterocycles. The van der Waals surface area contributed by atoms with Crippen LogP contribution < -0.4 is 0 Å². The summed E-state index contributed by atoms with van der Waals surface area (Å²) in [6, 6.07) is 0. The van der Waals surface area contributed by atoms with Crippen molar-refractivity contribution in [1.29, 1.82) is 0 Å². The van der Waals surface area contributed by atoms with Crippen LogP contribution in [-0.4, -0.2) is 13.0 Å². The third-order valence-electron chi connectivity index (χ3n) is 0.756. The van der Waals surface area contributed by atoms with Gasteiger partial charge in [-0.05, 0) is 36.8 Å². The van der Waals surface area contributed by atoms with E-state index in [1.807, 2.05) is 31.4 Å². The molecule has 0 N–H and O–H groups in total. The second-order valence-corrected chi connectivity index (χ2v) is 3.86. The zero-order valence-corrected chi connectivity index (χ0v) is 7.84. The molecule has 0 aliphatic carbocycles. The Bertz CT molecular complexity index is 150. The monoisotopic (exact) mass is 173 g/mol. The Balaban J connectivity index is 3.90. The highest BCUT2D eigenvalue weighted by Gasteiger charge is 1.87. The fourth-order valence-corrected chi connectivity index (χ4v) is 1.57. The Labute approximate surface area is 70.1 Å². The average Bonchev–Trinajstić information content (AvgIpc) is 1.98. The lowest BCUT2D eigenvalue weighted by atomic mass is 10.5. The molecule has 0 amide bonds. The minimum atomic E-state index is 0.950. The standard InChI is InChI=1S/C7H11NS2/c1-4-5-6-7(8-2)10-9-3/h4-6H,2H2,1,3H3/b5-4-,7-6+. The van der Waals surface area contributed by atoms with Gasteiger partial charge in [0.15, 0.2) is 0 Å². The highest BCUT2D eigenvalue weighted by atomic mass is 33.1. The summed E-state index contributed by atoms with van der Waals surface area (Å²) in [6.45, 7) is 5.42. The molecule has 56 valence electrons. The molecule has 0 unspecified atom stereocenters. The Hall–Kier alpha value is -0.150. The molecule has 0 aliphatic heterocycles. The van der Waals surface area contributed by atoms with E-state index in [0.717, 1.165) is 5.03 Å². The molecule has 0 rings (SSSR count). The minimum Gasteiger partial charge on any atom is -0.257 e. The third kappa shape index (κ3) is 4.70. The number of rotatable bonds is 4. The molecule has 0 saturated carbocycles. The molecular formula is C7H11NS2. The fourth-order valence-electron chi connectivity index (χ4n) is 0.371. The van der Waals surface area contributed by atoms with Gasteiger partial charge in [0.1, 0.15) is 5.03 Å². The summed E-state index contributed by atoms with van der Waals surface area (Å²) in [7, 11) is 3.28. The molecular weight excluding hydrogens is 162 g/mol. The lowest BCUT2D eigenvalue weighted by Crippen LogP contribution is -1.63. The van der Waals surface area contributed by atoms with Crippen molar-refractivity contribution in [2.75, 3.05) is 6.26 Å². The molecule has 0 spiro atoms. The predicted octanol–water partition coefficient (Wildman–Crippen LogP) is 3.12. The Morgan fingerprint density at radius 2 is 2.30 bits per heavy atom. The molecule has 0 atom stereocenters. The van der Waals surface area contributed by atoms with Crippen molar-refractivity contribution in [3.8, 4) is 0 Å². The summed E-state index contributed by atoms with van der Waals surface area (Å²) >= 11 is 0. The van der Waals surface area contributed by atoms with Crippen molar-refractivity contribution in [3.05, 3.63) is 23.3 Å². The van der Waals surface area contributed by atoms with Crippen molar-refractivity contribution < 1.29 is 0 Å². The number of hydrogen-bond donors (Lipinski definition) is 0. The summed E-state index contributed by atoms with van der Waals surface area (Å²) in [5, 5.41) is 0.950. The SMILES string of the molecule is C=N/C(=C\C=C/C)SSC. The van der Waals surface area contributed by atoms with Gasteiger partial charge in [-0.15, -0.1) is 0 Å². The minimum absolute atomic E-state index is 0.950. The second kappa shape index (κ2) is 6.96. The molecule has 0 aromatic heterocycles. The molecule has 0 bridgehead atoms. The molecule has 0 aromatic carbocycles. The summed E-state index contributed by atoms with van der Waals surface area (Å²) in [6.07, 6.45) is 7.87. The molecule has 0 radical (unpaired) electrons. The highest BCUT2D eigenvalue weighted by Crippen LogP contribution is 2.27. The van der Waals surface area contributed by atoms with E-state index < -0.39 is 0 Å². The number of nitrogens with zero attached hydrogens (tertiary/aromatic N) is 1. The van der Waals surface area contributed by atoms with Crippen molar-refractivity contribution in [1.82, 2.24) is 0 Å². The van der Waals surface area contributed by atoms with Gasteiger partial charge in [-0.1, -0.05) is 22.9 Å². The van der Waals surface area contributed by atoms with Crippen LogP contribution in [0.25, 0.3) is 0 Å². The zero-order valence-electron chi connectivity index (χ0n) is 6.20. The maximum absolute atomic E-state index is 3.82. The molecule has 0 aliphatic rings. The van der Waals surface area contributed by atoms with E-state index in [1.54, 1.807) is 21.6 Å². The predicted molar refractivity (Wildman–Crippen MR) is 53.6 cm³/mol. The van der Waals surface area contributed by atoms with Gasteiger partial charge >= 0.3 is 0 Å². The van der Waals surface area contributed by atoms with Gasteiger partial charge in [0.05, 0.1) is 0 Å². The van der Waals surface area contributed by atoms with E-state index in [2.05, 4.69) is 11.7 Å². The van der Waals surface area contributed by atoms with Crippen molar-refractivity contribution >= 4 is 28.3 Å². The van der Waals surface area contributed by atoms with E-state index >= 15 is 0 Å². The van der Waals surface area contributed by atoms with Crippen molar-refractivity contribution in [3.63, 3.8) is 0 Å². The van der Waals surface area contributed by atoms with Gasteiger partial charge in [-0.2, -0.15) is 0 Å². The Morgan fingerprint density at radius 1 is 1.60 bits per heavy atom. The smallest absolute Gasteiger partial charge is 0.106 e. The van der Waals surface area contributed by atoms with E-state index in [0.29, 0.717) is 0 Å². The highest BCUT2D eigenvalue weighted by molar-refractivity contribution is 8.77. The summed E-state index contributed by atoms with van der Waals surface area (Å²) in [5.41, 5.74) is 0. The fraction of sp³-hybridized carbons (Fsp3) is 0.286. The summed E-state index contributed by atoms with van der Waals surface area (Å²) < 4.78 is 0. The van der Waals surface area contributed by atoms with Crippen LogP contribution in [0.1, 0.15) is 6.92 Å². The maximum atomic E-state index is 3.82. The molecule has 0 aromatic rings. The average molecular weight is 173 g/mol. The Morgan fingerprint density at radius 3 is 2.70 bits per heavy atom. The quantitative estimate of drug-likeness (QED) is 0.368. The van der Waals surface area contributed by atoms with Crippen LogP contribution in [0.3, 0.4) is 0 Å². The Kier molecular flexibility index (Phi) is 6.86. The summed E-state index contributed by atoms with van der Waals surface area (Å²) in [4.78, 5) is 3.82.